The van der Waals surface area contributed by atoms with Crippen molar-refractivity contribution in [3.8, 4) is 0 Å². The summed E-state index contributed by atoms with van der Waals surface area (Å²) in [7, 11) is 0. The molecule has 0 amide bonds. The summed E-state index contributed by atoms with van der Waals surface area (Å²) in [5, 5.41) is 5.19. The van der Waals surface area contributed by atoms with Crippen molar-refractivity contribution in [1.82, 2.24) is 21.1 Å². The highest BCUT2D eigenvalue weighted by Crippen LogP contribution is 2.28. The largest absolute Gasteiger partial charge is 0.376 e. The van der Waals surface area contributed by atoms with Gasteiger partial charge in [-0.05, 0) is 50.0 Å². The van der Waals surface area contributed by atoms with Gasteiger partial charge in [0.15, 0.2) is 5.11 Å². The first-order valence-corrected chi connectivity index (χ1v) is 10.5. The van der Waals surface area contributed by atoms with Crippen LogP contribution in [0.1, 0.15) is 31.2 Å². The van der Waals surface area contributed by atoms with Gasteiger partial charge in [-0.2, -0.15) is 0 Å². The summed E-state index contributed by atoms with van der Waals surface area (Å²) in [6, 6.07) is 5.64. The molecule has 2 heterocycles. The minimum absolute atomic E-state index is 0.265. The minimum atomic E-state index is 0.265. The van der Waals surface area contributed by atoms with Gasteiger partial charge in [-0.3, -0.25) is 5.43 Å². The number of benzene rings is 1. The molecule has 0 aliphatic carbocycles. The van der Waals surface area contributed by atoms with E-state index in [-0.39, 0.29) is 6.10 Å². The number of allylic oxidation sites excluding steroid dienone is 1. The van der Waals surface area contributed by atoms with Crippen LogP contribution in [-0.4, -0.2) is 42.4 Å². The summed E-state index contributed by atoms with van der Waals surface area (Å²) in [6.07, 6.45) is 6.94. The maximum Gasteiger partial charge on any atom is 0.180 e. The average Bonchev–Trinajstić information content (AvgIpc) is 3.18. The SMILES string of the molecule is S=C(NCC1CCCO1)NNCC1=CCCCN1Cc1c(Cl)cccc1Cl. The number of halogens is 2. The van der Waals surface area contributed by atoms with Crippen molar-refractivity contribution in [2.24, 2.45) is 0 Å². The fraction of sp³-hybridized carbons (Fsp3) is 0.526. The summed E-state index contributed by atoms with van der Waals surface area (Å²) in [6.45, 7) is 3.95. The summed E-state index contributed by atoms with van der Waals surface area (Å²) in [4.78, 5) is 2.31. The van der Waals surface area contributed by atoms with E-state index in [2.05, 4.69) is 27.1 Å². The second-order valence-electron chi connectivity index (χ2n) is 6.78. The van der Waals surface area contributed by atoms with Crippen LogP contribution in [0.2, 0.25) is 10.0 Å². The topological polar surface area (TPSA) is 48.6 Å². The van der Waals surface area contributed by atoms with Crippen molar-refractivity contribution in [3.63, 3.8) is 0 Å². The van der Waals surface area contributed by atoms with Crippen molar-refractivity contribution < 1.29 is 4.74 Å². The highest BCUT2D eigenvalue weighted by atomic mass is 35.5. The van der Waals surface area contributed by atoms with E-state index < -0.39 is 0 Å². The molecule has 0 saturated carbocycles. The number of hydrogen-bond acceptors (Lipinski definition) is 4. The third kappa shape index (κ3) is 6.22. The van der Waals surface area contributed by atoms with Gasteiger partial charge in [0.1, 0.15) is 0 Å². The Morgan fingerprint density at radius 3 is 2.81 bits per heavy atom. The molecule has 0 radical (unpaired) electrons. The standard InChI is InChI=1S/C19H26Cl2N4OS/c20-17-7-3-8-18(21)16(17)13-25-9-2-1-5-14(25)11-23-24-19(27)22-12-15-6-4-10-26-15/h3,5,7-8,15,23H,1-2,4,6,9-13H2,(H2,22,24,27). The molecule has 1 aromatic rings. The maximum atomic E-state index is 6.34. The normalized spacial score (nSPS) is 19.7. The van der Waals surface area contributed by atoms with Gasteiger partial charge in [0.2, 0.25) is 0 Å². The molecule has 0 spiro atoms. The average molecular weight is 429 g/mol. The quantitative estimate of drug-likeness (QED) is 0.455. The summed E-state index contributed by atoms with van der Waals surface area (Å²) in [5.41, 5.74) is 8.44. The van der Waals surface area contributed by atoms with Crippen molar-refractivity contribution in [1.29, 1.82) is 0 Å². The van der Waals surface area contributed by atoms with E-state index >= 15 is 0 Å². The number of hydrogen-bond donors (Lipinski definition) is 3. The molecular weight excluding hydrogens is 403 g/mol. The van der Waals surface area contributed by atoms with Gasteiger partial charge in [0.05, 0.1) is 12.6 Å². The van der Waals surface area contributed by atoms with Crippen LogP contribution in [0.25, 0.3) is 0 Å². The first-order valence-electron chi connectivity index (χ1n) is 9.38. The lowest BCUT2D eigenvalue weighted by atomic mass is 10.1. The van der Waals surface area contributed by atoms with Crippen LogP contribution in [0.5, 0.6) is 0 Å². The maximum absolute atomic E-state index is 6.34. The Bertz CT molecular complexity index is 659. The van der Waals surface area contributed by atoms with E-state index in [0.717, 1.165) is 50.9 Å². The smallest absolute Gasteiger partial charge is 0.180 e. The van der Waals surface area contributed by atoms with Crippen molar-refractivity contribution in [3.05, 3.63) is 45.6 Å². The molecule has 1 fully saturated rings. The van der Waals surface area contributed by atoms with Gasteiger partial charge in [-0.1, -0.05) is 35.3 Å². The van der Waals surface area contributed by atoms with E-state index in [1.54, 1.807) is 0 Å². The number of nitrogens with one attached hydrogen (secondary N) is 3. The predicted molar refractivity (Wildman–Crippen MR) is 115 cm³/mol. The number of hydrazine groups is 1. The Morgan fingerprint density at radius 1 is 1.26 bits per heavy atom. The second-order valence-corrected chi connectivity index (χ2v) is 8.01. The van der Waals surface area contributed by atoms with Crippen LogP contribution in [0, 0.1) is 0 Å². The Kier molecular flexibility index (Phi) is 8.03. The molecule has 5 nitrogen and oxygen atoms in total. The van der Waals surface area contributed by atoms with E-state index in [1.165, 1.54) is 5.70 Å². The molecule has 1 saturated heterocycles. The molecule has 148 valence electrons. The number of thiocarbonyl (C=S) groups is 1. The first-order chi connectivity index (χ1) is 13.1. The van der Waals surface area contributed by atoms with Crippen molar-refractivity contribution in [2.75, 3.05) is 26.2 Å². The van der Waals surface area contributed by atoms with Gasteiger partial charge in [-0.15, -0.1) is 0 Å². The monoisotopic (exact) mass is 428 g/mol. The molecule has 2 aliphatic heterocycles. The molecule has 1 aromatic carbocycles. The Hall–Kier alpha value is -1.05. The Balaban J connectivity index is 1.46. The van der Waals surface area contributed by atoms with E-state index in [1.807, 2.05) is 18.2 Å². The van der Waals surface area contributed by atoms with Crippen LogP contribution in [0.15, 0.2) is 30.0 Å². The molecule has 0 aromatic heterocycles. The number of ether oxygens (including phenoxy) is 1. The lowest BCUT2D eigenvalue weighted by molar-refractivity contribution is 0.114. The van der Waals surface area contributed by atoms with Crippen LogP contribution in [-0.2, 0) is 11.3 Å². The van der Waals surface area contributed by atoms with Gasteiger partial charge < -0.3 is 15.0 Å². The van der Waals surface area contributed by atoms with E-state index in [4.69, 9.17) is 40.2 Å². The molecule has 0 bridgehead atoms. The van der Waals surface area contributed by atoms with Crippen LogP contribution >= 0.6 is 35.4 Å². The van der Waals surface area contributed by atoms with Crippen LogP contribution in [0.4, 0.5) is 0 Å². The first kappa shape index (κ1) is 20.7. The highest BCUT2D eigenvalue weighted by Gasteiger charge is 2.17. The third-order valence-electron chi connectivity index (χ3n) is 4.81. The molecule has 3 rings (SSSR count). The van der Waals surface area contributed by atoms with Gasteiger partial charge in [0.25, 0.3) is 0 Å². The summed E-state index contributed by atoms with van der Waals surface area (Å²) in [5.74, 6) is 0. The van der Waals surface area contributed by atoms with Crippen LogP contribution in [0.3, 0.4) is 0 Å². The molecule has 8 heteroatoms. The zero-order valence-electron chi connectivity index (χ0n) is 15.3. The Morgan fingerprint density at radius 2 is 2.07 bits per heavy atom. The van der Waals surface area contributed by atoms with Crippen molar-refractivity contribution in [2.45, 2.75) is 38.3 Å². The number of rotatable bonds is 7. The molecule has 1 unspecified atom stereocenters. The van der Waals surface area contributed by atoms with E-state index in [0.29, 0.717) is 28.2 Å². The zero-order chi connectivity index (χ0) is 19.1. The summed E-state index contributed by atoms with van der Waals surface area (Å²) >= 11 is 18.0. The number of nitrogens with zero attached hydrogens (tertiary/aromatic N) is 1. The lowest BCUT2D eigenvalue weighted by Crippen LogP contribution is -2.47. The third-order valence-corrected chi connectivity index (χ3v) is 5.77. The molecular formula is C19H26Cl2N4OS. The molecule has 3 N–H and O–H groups in total. The lowest BCUT2D eigenvalue weighted by Gasteiger charge is -2.31. The summed E-state index contributed by atoms with van der Waals surface area (Å²) < 4.78 is 5.59. The fourth-order valence-electron chi connectivity index (χ4n) is 3.33. The Labute approximate surface area is 176 Å². The van der Waals surface area contributed by atoms with Gasteiger partial charge in [-0.25, -0.2) is 5.43 Å². The molecule has 2 aliphatic rings. The molecule has 1 atom stereocenters. The minimum Gasteiger partial charge on any atom is -0.376 e. The van der Waals surface area contributed by atoms with Gasteiger partial charge in [0, 0.05) is 47.5 Å². The predicted octanol–water partition coefficient (Wildman–Crippen LogP) is 3.62. The fourth-order valence-corrected chi connectivity index (χ4v) is 4.01. The second kappa shape index (κ2) is 10.5. The zero-order valence-corrected chi connectivity index (χ0v) is 17.6. The van der Waals surface area contributed by atoms with E-state index in [9.17, 15) is 0 Å². The molecule has 27 heavy (non-hydrogen) atoms. The van der Waals surface area contributed by atoms with Crippen LogP contribution < -0.4 is 16.2 Å². The van der Waals surface area contributed by atoms with Crippen molar-refractivity contribution >= 4 is 40.5 Å². The van der Waals surface area contributed by atoms with Gasteiger partial charge >= 0.3 is 0 Å². The highest BCUT2D eigenvalue weighted by molar-refractivity contribution is 7.80.